The van der Waals surface area contributed by atoms with Gasteiger partial charge in [-0.05, 0) is 38.3 Å². The van der Waals surface area contributed by atoms with Gasteiger partial charge in [0, 0.05) is 13.1 Å². The maximum atomic E-state index is 14.0. The van der Waals surface area contributed by atoms with E-state index in [1.807, 2.05) is 0 Å². The third-order valence-corrected chi connectivity index (χ3v) is 3.92. The maximum Gasteiger partial charge on any atom is 0.311 e. The fourth-order valence-electron chi connectivity index (χ4n) is 2.57. The van der Waals surface area contributed by atoms with E-state index >= 15 is 0 Å². The number of carbonyl (C=O) groups excluding carboxylic acids is 1. The molecule has 1 aliphatic rings. The zero-order valence-corrected chi connectivity index (χ0v) is 11.6. The van der Waals surface area contributed by atoms with Crippen molar-refractivity contribution in [2.24, 2.45) is 5.41 Å². The Morgan fingerprint density at radius 1 is 1.40 bits per heavy atom. The van der Waals surface area contributed by atoms with Crippen LogP contribution in [0.4, 0.5) is 4.39 Å². The fourth-order valence-corrected chi connectivity index (χ4v) is 2.57. The normalized spacial score (nSPS) is 22.6. The first-order valence-corrected chi connectivity index (χ1v) is 6.63. The summed E-state index contributed by atoms with van der Waals surface area (Å²) in [4.78, 5) is 25.1. The zero-order chi connectivity index (χ0) is 14.9. The summed E-state index contributed by atoms with van der Waals surface area (Å²) in [6.45, 7) is 3.81. The molecule has 0 spiro atoms. The molecule has 1 N–H and O–H groups in total. The number of carbonyl (C=O) groups is 2. The molecule has 0 bridgehead atoms. The topological polar surface area (TPSA) is 57.6 Å². The minimum Gasteiger partial charge on any atom is -0.481 e. The molecular formula is C15H18FNO3. The quantitative estimate of drug-likeness (QED) is 0.904. The van der Waals surface area contributed by atoms with Crippen molar-refractivity contribution in [3.8, 4) is 0 Å². The Bertz CT molecular complexity index is 558. The Morgan fingerprint density at radius 3 is 2.75 bits per heavy atom. The van der Waals surface area contributed by atoms with Gasteiger partial charge < -0.3 is 10.0 Å². The third kappa shape index (κ3) is 2.53. The Hall–Kier alpha value is -1.91. The summed E-state index contributed by atoms with van der Waals surface area (Å²) in [5.41, 5.74) is -0.526. The van der Waals surface area contributed by atoms with Crippen LogP contribution in [-0.2, 0) is 4.79 Å². The van der Waals surface area contributed by atoms with Gasteiger partial charge in [-0.15, -0.1) is 0 Å². The lowest BCUT2D eigenvalue weighted by Gasteiger charge is -2.37. The number of rotatable bonds is 2. The minimum atomic E-state index is -0.950. The molecule has 1 aromatic rings. The highest BCUT2D eigenvalue weighted by molar-refractivity contribution is 5.95. The van der Waals surface area contributed by atoms with Crippen molar-refractivity contribution in [1.82, 2.24) is 4.90 Å². The molecule has 5 heteroatoms. The van der Waals surface area contributed by atoms with Crippen molar-refractivity contribution in [3.63, 3.8) is 0 Å². The van der Waals surface area contributed by atoms with Gasteiger partial charge in [-0.1, -0.05) is 12.1 Å². The summed E-state index contributed by atoms with van der Waals surface area (Å²) >= 11 is 0. The van der Waals surface area contributed by atoms with Crippen LogP contribution in [0.1, 0.15) is 35.7 Å². The molecule has 108 valence electrons. The molecule has 0 radical (unpaired) electrons. The van der Waals surface area contributed by atoms with Gasteiger partial charge in [-0.3, -0.25) is 9.59 Å². The number of halogens is 1. The Balaban J connectivity index is 2.25. The van der Waals surface area contributed by atoms with E-state index in [9.17, 15) is 19.1 Å². The molecule has 1 aliphatic heterocycles. The van der Waals surface area contributed by atoms with Gasteiger partial charge in [0.2, 0.25) is 0 Å². The van der Waals surface area contributed by atoms with Gasteiger partial charge in [0.25, 0.3) is 5.91 Å². The van der Waals surface area contributed by atoms with Crippen LogP contribution in [-0.4, -0.2) is 35.0 Å². The molecule has 1 amide bonds. The number of hydrogen-bond acceptors (Lipinski definition) is 2. The molecular weight excluding hydrogens is 261 g/mol. The van der Waals surface area contributed by atoms with Gasteiger partial charge in [0.05, 0.1) is 11.0 Å². The summed E-state index contributed by atoms with van der Waals surface area (Å²) in [5.74, 6) is -1.88. The van der Waals surface area contributed by atoms with Crippen LogP contribution in [0.3, 0.4) is 0 Å². The SMILES string of the molecule is Cc1cccc(C(=O)N2CCCC(C)(C(=O)O)C2)c1F. The number of likely N-dealkylation sites (tertiary alicyclic amines) is 1. The van der Waals surface area contributed by atoms with Crippen LogP contribution in [0.5, 0.6) is 0 Å². The number of piperidine rings is 1. The highest BCUT2D eigenvalue weighted by Gasteiger charge is 2.39. The largest absolute Gasteiger partial charge is 0.481 e. The predicted molar refractivity (Wildman–Crippen MR) is 72.0 cm³/mol. The second kappa shape index (κ2) is 5.23. The first kappa shape index (κ1) is 14.5. The smallest absolute Gasteiger partial charge is 0.311 e. The third-order valence-electron chi connectivity index (χ3n) is 3.92. The van der Waals surface area contributed by atoms with Crippen molar-refractivity contribution < 1.29 is 19.1 Å². The van der Waals surface area contributed by atoms with E-state index < -0.39 is 23.1 Å². The lowest BCUT2D eigenvalue weighted by Crippen LogP contribution is -2.48. The molecule has 0 aliphatic carbocycles. The van der Waals surface area contributed by atoms with Crippen LogP contribution in [0.25, 0.3) is 0 Å². The molecule has 0 aromatic heterocycles. The number of aliphatic carboxylic acids is 1. The van der Waals surface area contributed by atoms with E-state index in [-0.39, 0.29) is 12.1 Å². The molecule has 20 heavy (non-hydrogen) atoms. The zero-order valence-electron chi connectivity index (χ0n) is 11.6. The molecule has 1 heterocycles. The number of benzene rings is 1. The van der Waals surface area contributed by atoms with Crippen molar-refractivity contribution in [1.29, 1.82) is 0 Å². The number of amides is 1. The second-order valence-corrected chi connectivity index (χ2v) is 5.63. The van der Waals surface area contributed by atoms with E-state index in [1.165, 1.54) is 11.0 Å². The van der Waals surface area contributed by atoms with E-state index in [0.29, 0.717) is 24.9 Å². The maximum absolute atomic E-state index is 14.0. The van der Waals surface area contributed by atoms with Crippen molar-refractivity contribution >= 4 is 11.9 Å². The van der Waals surface area contributed by atoms with E-state index in [4.69, 9.17) is 0 Å². The highest BCUT2D eigenvalue weighted by atomic mass is 19.1. The minimum absolute atomic E-state index is 0.0136. The van der Waals surface area contributed by atoms with Crippen LogP contribution >= 0.6 is 0 Å². The summed E-state index contributed by atoms with van der Waals surface area (Å²) in [6.07, 6.45) is 1.14. The van der Waals surface area contributed by atoms with Gasteiger partial charge in [0.1, 0.15) is 5.82 Å². The first-order valence-electron chi connectivity index (χ1n) is 6.63. The van der Waals surface area contributed by atoms with Gasteiger partial charge in [-0.25, -0.2) is 4.39 Å². The number of nitrogens with zero attached hydrogens (tertiary/aromatic N) is 1. The number of carboxylic acids is 1. The van der Waals surface area contributed by atoms with E-state index in [0.717, 1.165) is 0 Å². The number of aryl methyl sites for hydroxylation is 1. The van der Waals surface area contributed by atoms with Crippen molar-refractivity contribution in [2.45, 2.75) is 26.7 Å². The molecule has 1 fully saturated rings. The summed E-state index contributed by atoms with van der Waals surface area (Å²) in [6, 6.07) is 4.67. The molecule has 1 atom stereocenters. The van der Waals surface area contributed by atoms with Crippen molar-refractivity contribution in [3.05, 3.63) is 35.1 Å². The van der Waals surface area contributed by atoms with Crippen LogP contribution in [0, 0.1) is 18.2 Å². The Labute approximate surface area is 117 Å². The average Bonchev–Trinajstić information content (AvgIpc) is 2.41. The van der Waals surface area contributed by atoms with Gasteiger partial charge in [0.15, 0.2) is 0 Å². The Kier molecular flexibility index (Phi) is 3.79. The summed E-state index contributed by atoms with van der Waals surface area (Å²) < 4.78 is 14.0. The van der Waals surface area contributed by atoms with E-state index in [2.05, 4.69) is 0 Å². The van der Waals surface area contributed by atoms with E-state index in [1.54, 1.807) is 26.0 Å². The van der Waals surface area contributed by atoms with Crippen LogP contribution in [0.15, 0.2) is 18.2 Å². The van der Waals surface area contributed by atoms with Gasteiger partial charge >= 0.3 is 5.97 Å². The second-order valence-electron chi connectivity index (χ2n) is 5.63. The fraction of sp³-hybridized carbons (Fsp3) is 0.467. The first-order chi connectivity index (χ1) is 9.35. The summed E-state index contributed by atoms with van der Waals surface area (Å²) in [7, 11) is 0. The predicted octanol–water partition coefficient (Wildman–Crippen LogP) is 2.46. The van der Waals surface area contributed by atoms with Gasteiger partial charge in [-0.2, -0.15) is 0 Å². The molecule has 4 nitrogen and oxygen atoms in total. The standard InChI is InChI=1S/C15H18FNO3/c1-10-5-3-6-11(12(10)16)13(18)17-8-4-7-15(2,9-17)14(19)20/h3,5-6H,4,7-9H2,1-2H3,(H,19,20). The lowest BCUT2D eigenvalue weighted by molar-refractivity contribution is -0.150. The molecule has 1 saturated heterocycles. The average molecular weight is 279 g/mol. The molecule has 0 saturated carbocycles. The van der Waals surface area contributed by atoms with Crippen LogP contribution in [0.2, 0.25) is 0 Å². The monoisotopic (exact) mass is 279 g/mol. The number of hydrogen-bond donors (Lipinski definition) is 1. The Morgan fingerprint density at radius 2 is 2.10 bits per heavy atom. The summed E-state index contributed by atoms with van der Waals surface area (Å²) in [5, 5.41) is 9.25. The molecule has 1 unspecified atom stereocenters. The number of carboxylic acid groups (broad SMARTS) is 1. The van der Waals surface area contributed by atoms with Crippen LogP contribution < -0.4 is 0 Å². The molecule has 1 aromatic carbocycles. The molecule has 2 rings (SSSR count). The van der Waals surface area contributed by atoms with Crippen molar-refractivity contribution in [2.75, 3.05) is 13.1 Å². The lowest BCUT2D eigenvalue weighted by atomic mass is 9.82. The highest BCUT2D eigenvalue weighted by Crippen LogP contribution is 2.30.